The van der Waals surface area contributed by atoms with Crippen molar-refractivity contribution in [2.45, 2.75) is 51.9 Å². The lowest BCUT2D eigenvalue weighted by Crippen LogP contribution is -2.48. The summed E-state index contributed by atoms with van der Waals surface area (Å²) in [5.74, 6) is 0.977. The molecule has 0 spiro atoms. The van der Waals surface area contributed by atoms with Gasteiger partial charge in [-0.3, -0.25) is 4.90 Å². The van der Waals surface area contributed by atoms with E-state index in [9.17, 15) is 0 Å². The lowest BCUT2D eigenvalue weighted by atomic mass is 9.98. The van der Waals surface area contributed by atoms with Crippen LogP contribution in [0, 0.1) is 5.92 Å². The Morgan fingerprint density at radius 3 is 2.72 bits per heavy atom. The molecule has 1 atom stereocenters. The van der Waals surface area contributed by atoms with Gasteiger partial charge in [-0.1, -0.05) is 12.1 Å². The van der Waals surface area contributed by atoms with Crippen LogP contribution in [0.4, 0.5) is 5.69 Å². The molecule has 1 fully saturated rings. The van der Waals surface area contributed by atoms with Gasteiger partial charge in [0.05, 0.1) is 0 Å². The number of likely N-dealkylation sites (N-methyl/N-ethyl adjacent to an activating group) is 1. The Bertz CT molecular complexity index is 672. The van der Waals surface area contributed by atoms with Crippen molar-refractivity contribution in [3.63, 3.8) is 0 Å². The number of hydrogen-bond donors (Lipinski definition) is 0. The third-order valence-corrected chi connectivity index (χ3v) is 5.77. The Morgan fingerprint density at radius 1 is 1.16 bits per heavy atom. The number of hydrogen-bond acceptors (Lipinski definition) is 3. The molecule has 3 nitrogen and oxygen atoms in total. The highest BCUT2D eigenvalue weighted by Crippen LogP contribution is 2.33. The summed E-state index contributed by atoms with van der Waals surface area (Å²) >= 11 is 0. The van der Waals surface area contributed by atoms with Crippen molar-refractivity contribution in [1.29, 1.82) is 0 Å². The fourth-order valence-corrected chi connectivity index (χ4v) is 4.20. The van der Waals surface area contributed by atoms with Crippen LogP contribution < -0.4 is 4.90 Å². The second-order valence-electron chi connectivity index (χ2n) is 8.19. The first kappa shape index (κ1) is 16.7. The van der Waals surface area contributed by atoms with Crippen LogP contribution in [0.1, 0.15) is 37.8 Å². The molecule has 1 aromatic carbocycles. The second kappa shape index (κ2) is 6.87. The van der Waals surface area contributed by atoms with Gasteiger partial charge in [-0.2, -0.15) is 0 Å². The molecule has 1 aliphatic carbocycles. The quantitative estimate of drug-likeness (QED) is 0.804. The molecule has 0 aromatic heterocycles. The van der Waals surface area contributed by atoms with Crippen molar-refractivity contribution in [3.8, 4) is 0 Å². The van der Waals surface area contributed by atoms with Gasteiger partial charge in [-0.05, 0) is 74.4 Å². The minimum atomic E-state index is 0.286. The lowest BCUT2D eigenvalue weighted by molar-refractivity contribution is 0.244. The van der Waals surface area contributed by atoms with E-state index in [2.05, 4.69) is 78.2 Å². The van der Waals surface area contributed by atoms with E-state index in [-0.39, 0.29) is 6.17 Å². The molecule has 0 radical (unpaired) electrons. The van der Waals surface area contributed by atoms with E-state index in [1.807, 2.05) is 0 Å². The highest BCUT2D eigenvalue weighted by Gasteiger charge is 2.28. The summed E-state index contributed by atoms with van der Waals surface area (Å²) in [6.07, 6.45) is 13.1. The fraction of sp³-hybridized carbons (Fsp3) is 0.545. The van der Waals surface area contributed by atoms with Gasteiger partial charge in [0.25, 0.3) is 0 Å². The van der Waals surface area contributed by atoms with Crippen LogP contribution in [0.5, 0.6) is 0 Å². The Labute approximate surface area is 152 Å². The minimum Gasteiger partial charge on any atom is -0.357 e. The Balaban J connectivity index is 1.58. The summed E-state index contributed by atoms with van der Waals surface area (Å²) in [7, 11) is 2.16. The zero-order valence-electron chi connectivity index (χ0n) is 15.9. The Kier molecular flexibility index (Phi) is 4.60. The van der Waals surface area contributed by atoms with Gasteiger partial charge >= 0.3 is 0 Å². The standard InChI is InChI=1S/C22H31N3/c1-17(2)25(22-6-4-5-12-23(22)3)21-10-9-19-11-13-24(15-18-7-8-18)16-20(19)14-21/h4-6,9-10,12,14,17-18,22H,7-8,11,13,15-16H2,1-3H3. The highest BCUT2D eigenvalue weighted by atomic mass is 15.3. The van der Waals surface area contributed by atoms with E-state index in [0.29, 0.717) is 6.04 Å². The number of rotatable bonds is 5. The van der Waals surface area contributed by atoms with Gasteiger partial charge in [0.1, 0.15) is 6.17 Å². The third kappa shape index (κ3) is 3.62. The second-order valence-corrected chi connectivity index (χ2v) is 8.19. The van der Waals surface area contributed by atoms with Crippen molar-refractivity contribution in [3.05, 3.63) is 53.8 Å². The monoisotopic (exact) mass is 337 g/mol. The van der Waals surface area contributed by atoms with Gasteiger partial charge in [0.15, 0.2) is 0 Å². The Hall–Kier alpha value is -1.74. The molecule has 0 amide bonds. The number of anilines is 1. The van der Waals surface area contributed by atoms with E-state index in [4.69, 9.17) is 0 Å². The van der Waals surface area contributed by atoms with Crippen LogP contribution in [0.15, 0.2) is 42.6 Å². The van der Waals surface area contributed by atoms with Crippen LogP contribution in [-0.4, -0.2) is 42.1 Å². The first-order chi connectivity index (χ1) is 12.1. The average molecular weight is 338 g/mol. The van der Waals surface area contributed by atoms with E-state index in [1.165, 1.54) is 43.6 Å². The van der Waals surface area contributed by atoms with Crippen LogP contribution in [0.2, 0.25) is 0 Å². The number of allylic oxidation sites excluding steroid dienone is 2. The maximum absolute atomic E-state index is 2.67. The molecule has 3 heteroatoms. The van der Waals surface area contributed by atoms with Crippen molar-refractivity contribution < 1.29 is 0 Å². The number of fused-ring (bicyclic) bond motifs is 1. The normalized spacial score (nSPS) is 23.2. The summed E-state index contributed by atoms with van der Waals surface area (Å²) in [6, 6.07) is 7.61. The molecule has 4 rings (SSSR count). The summed E-state index contributed by atoms with van der Waals surface area (Å²) in [4.78, 5) is 7.48. The maximum Gasteiger partial charge on any atom is 0.121 e. The van der Waals surface area contributed by atoms with Crippen molar-refractivity contribution in [2.24, 2.45) is 5.92 Å². The molecule has 2 heterocycles. The molecule has 3 aliphatic rings. The number of benzene rings is 1. The largest absolute Gasteiger partial charge is 0.357 e. The molecule has 134 valence electrons. The summed E-state index contributed by atoms with van der Waals surface area (Å²) < 4.78 is 0. The zero-order valence-corrected chi connectivity index (χ0v) is 15.9. The van der Waals surface area contributed by atoms with Crippen LogP contribution >= 0.6 is 0 Å². The number of nitrogens with zero attached hydrogens (tertiary/aromatic N) is 3. The first-order valence-electron chi connectivity index (χ1n) is 9.81. The van der Waals surface area contributed by atoms with E-state index >= 15 is 0 Å². The van der Waals surface area contributed by atoms with E-state index in [0.717, 1.165) is 12.5 Å². The van der Waals surface area contributed by atoms with Gasteiger partial charge in [-0.15, -0.1) is 0 Å². The summed E-state index contributed by atoms with van der Waals surface area (Å²) in [5.41, 5.74) is 4.43. The molecule has 1 aromatic rings. The lowest BCUT2D eigenvalue weighted by Gasteiger charge is -2.41. The minimum absolute atomic E-state index is 0.286. The van der Waals surface area contributed by atoms with Crippen LogP contribution in [-0.2, 0) is 13.0 Å². The topological polar surface area (TPSA) is 9.72 Å². The van der Waals surface area contributed by atoms with Crippen molar-refractivity contribution in [1.82, 2.24) is 9.80 Å². The van der Waals surface area contributed by atoms with Gasteiger partial charge in [0.2, 0.25) is 0 Å². The zero-order chi connectivity index (χ0) is 17.4. The van der Waals surface area contributed by atoms with Crippen molar-refractivity contribution >= 4 is 5.69 Å². The SMILES string of the molecule is CC(C)N(c1ccc2c(c1)CN(CC1CC1)CC2)C1C=CC=CN1C. The molecule has 0 bridgehead atoms. The first-order valence-corrected chi connectivity index (χ1v) is 9.81. The molecular formula is C22H31N3. The van der Waals surface area contributed by atoms with Crippen LogP contribution in [0.25, 0.3) is 0 Å². The molecule has 1 unspecified atom stereocenters. The molecule has 1 saturated carbocycles. The Morgan fingerprint density at radius 2 is 2.00 bits per heavy atom. The van der Waals surface area contributed by atoms with Gasteiger partial charge in [-0.25, -0.2) is 0 Å². The molecule has 2 aliphatic heterocycles. The molecule has 25 heavy (non-hydrogen) atoms. The van der Waals surface area contributed by atoms with Gasteiger partial charge in [0, 0.05) is 44.6 Å². The van der Waals surface area contributed by atoms with Crippen molar-refractivity contribution in [2.75, 3.05) is 25.0 Å². The maximum atomic E-state index is 2.67. The molecule has 0 saturated heterocycles. The highest BCUT2D eigenvalue weighted by molar-refractivity contribution is 5.54. The van der Waals surface area contributed by atoms with Crippen LogP contribution in [0.3, 0.4) is 0 Å². The fourth-order valence-electron chi connectivity index (χ4n) is 4.20. The summed E-state index contributed by atoms with van der Waals surface area (Å²) in [6.45, 7) is 8.24. The third-order valence-electron chi connectivity index (χ3n) is 5.77. The van der Waals surface area contributed by atoms with Gasteiger partial charge < -0.3 is 9.80 Å². The predicted octanol–water partition coefficient (Wildman–Crippen LogP) is 4.01. The molecular weight excluding hydrogens is 306 g/mol. The molecule has 0 N–H and O–H groups in total. The predicted molar refractivity (Wildman–Crippen MR) is 106 cm³/mol. The smallest absolute Gasteiger partial charge is 0.121 e. The average Bonchev–Trinajstić information content (AvgIpc) is 3.40. The van der Waals surface area contributed by atoms with E-state index in [1.54, 1.807) is 5.56 Å². The van der Waals surface area contributed by atoms with E-state index < -0.39 is 0 Å². The summed E-state index contributed by atoms with van der Waals surface area (Å²) in [5, 5.41) is 0.